The molecule has 0 amide bonds. The van der Waals surface area contributed by atoms with Gasteiger partial charge in [-0.2, -0.15) is 0 Å². The van der Waals surface area contributed by atoms with Gasteiger partial charge in [0.25, 0.3) is 0 Å². The zero-order valence-corrected chi connectivity index (χ0v) is 9.10. The highest BCUT2D eigenvalue weighted by atomic mass is 16.7. The van der Waals surface area contributed by atoms with Gasteiger partial charge in [-0.3, -0.25) is 0 Å². The Balaban J connectivity index is 1.81. The fourth-order valence-electron chi connectivity index (χ4n) is 1.31. The predicted octanol–water partition coefficient (Wildman–Crippen LogP) is 2.14. The van der Waals surface area contributed by atoms with Crippen LogP contribution in [0.5, 0.6) is 5.75 Å². The zero-order chi connectivity index (χ0) is 10.7. The molecule has 1 fully saturated rings. The molecule has 0 spiro atoms. The second-order valence-corrected chi connectivity index (χ2v) is 3.74. The SMILES string of the molecule is Cc1ccccc1OC(C)OCC1CO1. The molecule has 2 rings (SSSR count). The van der Waals surface area contributed by atoms with E-state index in [1.165, 1.54) is 0 Å². The molecule has 0 N–H and O–H groups in total. The number of para-hydroxylation sites is 1. The normalized spacial score (nSPS) is 21.1. The molecule has 2 unspecified atom stereocenters. The fraction of sp³-hybridized carbons (Fsp3) is 0.500. The summed E-state index contributed by atoms with van der Waals surface area (Å²) in [5, 5.41) is 0. The van der Waals surface area contributed by atoms with E-state index < -0.39 is 0 Å². The molecule has 1 aliphatic heterocycles. The van der Waals surface area contributed by atoms with Gasteiger partial charge in [0.1, 0.15) is 11.9 Å². The topological polar surface area (TPSA) is 31.0 Å². The van der Waals surface area contributed by atoms with Crippen LogP contribution in [0, 0.1) is 6.92 Å². The van der Waals surface area contributed by atoms with Gasteiger partial charge in [-0.05, 0) is 25.5 Å². The molecular formula is C12H16O3. The van der Waals surface area contributed by atoms with E-state index in [2.05, 4.69) is 0 Å². The van der Waals surface area contributed by atoms with Gasteiger partial charge < -0.3 is 14.2 Å². The van der Waals surface area contributed by atoms with Gasteiger partial charge in [-0.25, -0.2) is 0 Å². The summed E-state index contributed by atoms with van der Waals surface area (Å²) in [6.45, 7) is 5.35. The smallest absolute Gasteiger partial charge is 0.197 e. The van der Waals surface area contributed by atoms with Crippen molar-refractivity contribution in [2.75, 3.05) is 13.2 Å². The third-order valence-corrected chi connectivity index (χ3v) is 2.31. The van der Waals surface area contributed by atoms with Crippen LogP contribution in [-0.4, -0.2) is 25.6 Å². The second kappa shape index (κ2) is 4.64. The highest BCUT2D eigenvalue weighted by Gasteiger charge is 2.23. The molecule has 1 saturated heterocycles. The highest BCUT2D eigenvalue weighted by molar-refractivity contribution is 5.31. The minimum Gasteiger partial charge on any atom is -0.465 e. The Morgan fingerprint density at radius 2 is 2.20 bits per heavy atom. The maximum Gasteiger partial charge on any atom is 0.197 e. The van der Waals surface area contributed by atoms with Gasteiger partial charge in [0.05, 0.1) is 13.2 Å². The molecule has 0 aliphatic carbocycles. The number of epoxide rings is 1. The molecule has 82 valence electrons. The minimum atomic E-state index is -0.227. The molecule has 2 atom stereocenters. The standard InChI is InChI=1S/C12H16O3/c1-9-5-3-4-6-12(9)15-10(2)13-7-11-8-14-11/h3-6,10-11H,7-8H2,1-2H3. The van der Waals surface area contributed by atoms with Crippen molar-refractivity contribution in [3.63, 3.8) is 0 Å². The van der Waals surface area contributed by atoms with E-state index in [4.69, 9.17) is 14.2 Å². The van der Waals surface area contributed by atoms with Gasteiger partial charge in [0.15, 0.2) is 6.29 Å². The van der Waals surface area contributed by atoms with Crippen molar-refractivity contribution in [2.24, 2.45) is 0 Å². The highest BCUT2D eigenvalue weighted by Crippen LogP contribution is 2.18. The third kappa shape index (κ3) is 3.22. The van der Waals surface area contributed by atoms with Crippen molar-refractivity contribution in [1.82, 2.24) is 0 Å². The predicted molar refractivity (Wildman–Crippen MR) is 57.0 cm³/mol. The van der Waals surface area contributed by atoms with Crippen LogP contribution in [-0.2, 0) is 9.47 Å². The average molecular weight is 208 g/mol. The van der Waals surface area contributed by atoms with E-state index in [0.717, 1.165) is 17.9 Å². The number of hydrogen-bond donors (Lipinski definition) is 0. The van der Waals surface area contributed by atoms with Crippen molar-refractivity contribution in [3.05, 3.63) is 29.8 Å². The largest absolute Gasteiger partial charge is 0.465 e. The average Bonchev–Trinajstić information content (AvgIpc) is 3.02. The van der Waals surface area contributed by atoms with Crippen molar-refractivity contribution < 1.29 is 14.2 Å². The molecule has 0 radical (unpaired) electrons. The van der Waals surface area contributed by atoms with Gasteiger partial charge >= 0.3 is 0 Å². The van der Waals surface area contributed by atoms with Crippen LogP contribution >= 0.6 is 0 Å². The summed E-state index contributed by atoms with van der Waals surface area (Å²) in [6, 6.07) is 7.92. The molecule has 3 nitrogen and oxygen atoms in total. The monoisotopic (exact) mass is 208 g/mol. The summed E-state index contributed by atoms with van der Waals surface area (Å²) in [5.74, 6) is 0.877. The first-order valence-corrected chi connectivity index (χ1v) is 5.21. The first kappa shape index (κ1) is 10.5. The first-order chi connectivity index (χ1) is 7.25. The van der Waals surface area contributed by atoms with E-state index in [1.54, 1.807) is 0 Å². The van der Waals surface area contributed by atoms with E-state index in [1.807, 2.05) is 38.1 Å². The third-order valence-electron chi connectivity index (χ3n) is 2.31. The van der Waals surface area contributed by atoms with Crippen LogP contribution in [0.2, 0.25) is 0 Å². The molecule has 1 aromatic carbocycles. The van der Waals surface area contributed by atoms with Crippen LogP contribution in [0.25, 0.3) is 0 Å². The summed E-state index contributed by atoms with van der Waals surface area (Å²) < 4.78 is 16.2. The molecular weight excluding hydrogens is 192 g/mol. The van der Waals surface area contributed by atoms with Gasteiger partial charge in [0, 0.05) is 0 Å². The second-order valence-electron chi connectivity index (χ2n) is 3.74. The van der Waals surface area contributed by atoms with Crippen LogP contribution < -0.4 is 4.74 Å². The molecule has 0 bridgehead atoms. The Morgan fingerprint density at radius 1 is 1.47 bits per heavy atom. The number of rotatable bonds is 5. The fourth-order valence-corrected chi connectivity index (χ4v) is 1.31. The van der Waals surface area contributed by atoms with E-state index in [-0.39, 0.29) is 12.4 Å². The number of benzene rings is 1. The van der Waals surface area contributed by atoms with Gasteiger partial charge in [-0.1, -0.05) is 18.2 Å². The van der Waals surface area contributed by atoms with Crippen LogP contribution in [0.15, 0.2) is 24.3 Å². The van der Waals surface area contributed by atoms with E-state index >= 15 is 0 Å². The van der Waals surface area contributed by atoms with Crippen molar-refractivity contribution in [1.29, 1.82) is 0 Å². The zero-order valence-electron chi connectivity index (χ0n) is 9.10. The first-order valence-electron chi connectivity index (χ1n) is 5.21. The summed E-state index contributed by atoms with van der Waals surface area (Å²) in [4.78, 5) is 0. The maximum absolute atomic E-state index is 5.65. The van der Waals surface area contributed by atoms with Crippen LogP contribution in [0.4, 0.5) is 0 Å². The van der Waals surface area contributed by atoms with E-state index in [9.17, 15) is 0 Å². The Kier molecular flexibility index (Phi) is 3.23. The van der Waals surface area contributed by atoms with Crippen molar-refractivity contribution in [2.45, 2.75) is 26.2 Å². The lowest BCUT2D eigenvalue weighted by molar-refractivity contribution is -0.0712. The lowest BCUT2D eigenvalue weighted by Crippen LogP contribution is -2.19. The summed E-state index contributed by atoms with van der Waals surface area (Å²) >= 11 is 0. The molecule has 1 aliphatic rings. The molecule has 1 heterocycles. The lowest BCUT2D eigenvalue weighted by Gasteiger charge is -2.16. The van der Waals surface area contributed by atoms with Crippen LogP contribution in [0.1, 0.15) is 12.5 Å². The summed E-state index contributed by atoms with van der Waals surface area (Å²) in [5.41, 5.74) is 1.12. The maximum atomic E-state index is 5.65. The van der Waals surface area contributed by atoms with Crippen LogP contribution in [0.3, 0.4) is 0 Å². The number of hydrogen-bond acceptors (Lipinski definition) is 3. The quantitative estimate of drug-likeness (QED) is 0.548. The molecule has 3 heteroatoms. The molecule has 0 aromatic heterocycles. The van der Waals surface area contributed by atoms with Crippen molar-refractivity contribution in [3.8, 4) is 5.75 Å². The molecule has 15 heavy (non-hydrogen) atoms. The lowest BCUT2D eigenvalue weighted by atomic mass is 10.2. The molecule has 0 saturated carbocycles. The Hall–Kier alpha value is -1.06. The number of ether oxygens (including phenoxy) is 3. The van der Waals surface area contributed by atoms with Gasteiger partial charge in [-0.15, -0.1) is 0 Å². The minimum absolute atomic E-state index is 0.227. The number of aryl methyl sites for hydroxylation is 1. The van der Waals surface area contributed by atoms with E-state index in [0.29, 0.717) is 6.61 Å². The van der Waals surface area contributed by atoms with Crippen molar-refractivity contribution >= 4 is 0 Å². The Morgan fingerprint density at radius 3 is 2.87 bits per heavy atom. The summed E-state index contributed by atoms with van der Waals surface area (Å²) in [7, 11) is 0. The summed E-state index contributed by atoms with van der Waals surface area (Å²) in [6.07, 6.45) is 0.0585. The Bertz CT molecular complexity index is 320. The van der Waals surface area contributed by atoms with Gasteiger partial charge in [0.2, 0.25) is 0 Å². The molecule has 1 aromatic rings. The Labute approximate surface area is 90.0 Å².